The van der Waals surface area contributed by atoms with Crippen molar-refractivity contribution in [3.63, 3.8) is 0 Å². The number of halogens is 1. The number of aromatic nitrogens is 1. The number of rotatable bonds is 5. The Hall–Kier alpha value is -2.60. The molecule has 1 aromatic carbocycles. The van der Waals surface area contributed by atoms with Crippen LogP contribution in [0, 0.1) is 12.7 Å². The molecule has 0 radical (unpaired) electrons. The van der Waals surface area contributed by atoms with Crippen LogP contribution < -0.4 is 20.7 Å². The van der Waals surface area contributed by atoms with Crippen molar-refractivity contribution < 1.29 is 9.13 Å². The van der Waals surface area contributed by atoms with Crippen LogP contribution >= 0.6 is 0 Å². The summed E-state index contributed by atoms with van der Waals surface area (Å²) >= 11 is 0. The molecule has 1 fully saturated rings. The number of hydrogen-bond donors (Lipinski definition) is 3. The van der Waals surface area contributed by atoms with Crippen molar-refractivity contribution in [3.05, 3.63) is 59.2 Å². The number of ether oxygens (including phenoxy) is 1. The highest BCUT2D eigenvalue weighted by Crippen LogP contribution is 2.37. The fourth-order valence-electron chi connectivity index (χ4n) is 3.82. The maximum atomic E-state index is 14.4. The van der Waals surface area contributed by atoms with E-state index in [9.17, 15) is 4.39 Å². The van der Waals surface area contributed by atoms with Gasteiger partial charge in [0.2, 0.25) is 0 Å². The monoisotopic (exact) mass is 368 g/mol. The van der Waals surface area contributed by atoms with E-state index >= 15 is 0 Å². The number of anilines is 1. The average Bonchev–Trinajstić information content (AvgIpc) is 3.33. The summed E-state index contributed by atoms with van der Waals surface area (Å²) in [6.07, 6.45) is 3.65. The van der Waals surface area contributed by atoms with Gasteiger partial charge in [0.05, 0.1) is 24.4 Å². The van der Waals surface area contributed by atoms with Crippen molar-refractivity contribution in [1.82, 2.24) is 15.6 Å². The summed E-state index contributed by atoms with van der Waals surface area (Å²) in [4.78, 5) is 4.81. The Morgan fingerprint density at radius 3 is 2.96 bits per heavy atom. The van der Waals surface area contributed by atoms with Gasteiger partial charge in [0, 0.05) is 25.2 Å². The lowest BCUT2D eigenvalue weighted by atomic mass is 9.99. The molecule has 0 saturated carbocycles. The Balaban J connectivity index is 1.54. The molecule has 0 bridgehead atoms. The van der Waals surface area contributed by atoms with Gasteiger partial charge in [0.15, 0.2) is 0 Å². The molecule has 142 valence electrons. The van der Waals surface area contributed by atoms with Gasteiger partial charge in [-0.25, -0.2) is 9.37 Å². The second-order valence-corrected chi connectivity index (χ2v) is 7.20. The van der Waals surface area contributed by atoms with E-state index in [1.54, 1.807) is 19.2 Å². The lowest BCUT2D eigenvalue weighted by Gasteiger charge is -2.17. The standard InChI is InChI=1S/C21H25FN4O/c1-13-8-18(26-20(9-13)25-15-6-7-23-12-15)17-10-14(11-24-17)21-16(22)4-3-5-19(21)27-2/h3-5,8-9,11,15,17,23-24H,6-7,10,12H2,1-2H3,(H,25,26)/t15-,17?/m0/s1. The summed E-state index contributed by atoms with van der Waals surface area (Å²) in [6.45, 7) is 4.08. The van der Waals surface area contributed by atoms with E-state index < -0.39 is 0 Å². The maximum absolute atomic E-state index is 14.4. The average molecular weight is 368 g/mol. The zero-order valence-electron chi connectivity index (χ0n) is 15.7. The number of nitrogens with one attached hydrogen (secondary N) is 3. The summed E-state index contributed by atoms with van der Waals surface area (Å²) in [5.74, 6) is 1.19. The lowest BCUT2D eigenvalue weighted by Crippen LogP contribution is -2.23. The lowest BCUT2D eigenvalue weighted by molar-refractivity contribution is 0.409. The zero-order valence-corrected chi connectivity index (χ0v) is 15.7. The smallest absolute Gasteiger partial charge is 0.134 e. The van der Waals surface area contributed by atoms with E-state index in [0.29, 0.717) is 23.8 Å². The SMILES string of the molecule is COc1cccc(F)c1C1=CNC(c2cc(C)cc(N[C@H]3CCNC3)n2)C1. The minimum Gasteiger partial charge on any atom is -0.496 e. The van der Waals surface area contributed by atoms with E-state index in [-0.39, 0.29) is 11.9 Å². The molecule has 2 atom stereocenters. The molecule has 0 aliphatic carbocycles. The number of nitrogens with zero attached hydrogens (tertiary/aromatic N) is 1. The van der Waals surface area contributed by atoms with E-state index in [2.05, 4.69) is 35.0 Å². The summed E-state index contributed by atoms with van der Waals surface area (Å²) in [5, 5.41) is 10.2. The maximum Gasteiger partial charge on any atom is 0.134 e. The Labute approximate surface area is 159 Å². The summed E-state index contributed by atoms with van der Waals surface area (Å²) < 4.78 is 19.7. The van der Waals surface area contributed by atoms with Crippen molar-refractivity contribution >= 4 is 11.4 Å². The van der Waals surface area contributed by atoms with Crippen LogP contribution in [0.5, 0.6) is 5.75 Å². The molecule has 27 heavy (non-hydrogen) atoms. The van der Waals surface area contributed by atoms with E-state index in [1.165, 1.54) is 6.07 Å². The minimum atomic E-state index is -0.267. The molecule has 1 saturated heterocycles. The number of pyridine rings is 1. The molecule has 0 amide bonds. The highest BCUT2D eigenvalue weighted by atomic mass is 19.1. The van der Waals surface area contributed by atoms with E-state index in [4.69, 9.17) is 9.72 Å². The Morgan fingerprint density at radius 2 is 2.19 bits per heavy atom. The Bertz CT molecular complexity index is 861. The van der Waals surface area contributed by atoms with Gasteiger partial charge >= 0.3 is 0 Å². The number of methoxy groups -OCH3 is 1. The molecular weight excluding hydrogens is 343 g/mol. The molecule has 1 unspecified atom stereocenters. The topological polar surface area (TPSA) is 58.2 Å². The molecule has 1 aromatic heterocycles. The van der Waals surface area contributed by atoms with Gasteiger partial charge in [-0.15, -0.1) is 0 Å². The third-order valence-electron chi connectivity index (χ3n) is 5.16. The minimum absolute atomic E-state index is 0.0199. The summed E-state index contributed by atoms with van der Waals surface area (Å²) in [7, 11) is 1.57. The second-order valence-electron chi connectivity index (χ2n) is 7.20. The predicted molar refractivity (Wildman–Crippen MR) is 105 cm³/mol. The van der Waals surface area contributed by atoms with Crippen molar-refractivity contribution in [2.75, 3.05) is 25.5 Å². The molecule has 6 heteroatoms. The first-order valence-electron chi connectivity index (χ1n) is 9.38. The van der Waals surface area contributed by atoms with E-state index in [1.807, 2.05) is 6.20 Å². The predicted octanol–water partition coefficient (Wildman–Crippen LogP) is 3.39. The largest absolute Gasteiger partial charge is 0.496 e. The van der Waals surface area contributed by atoms with Crippen LogP contribution in [0.3, 0.4) is 0 Å². The first kappa shape index (κ1) is 17.8. The quantitative estimate of drug-likeness (QED) is 0.755. The van der Waals surface area contributed by atoms with Gasteiger partial charge in [-0.2, -0.15) is 0 Å². The zero-order chi connectivity index (χ0) is 18.8. The molecule has 5 nitrogen and oxygen atoms in total. The third kappa shape index (κ3) is 3.76. The van der Waals surface area contributed by atoms with Gasteiger partial charge in [0.25, 0.3) is 0 Å². The van der Waals surface area contributed by atoms with Crippen molar-refractivity contribution in [2.45, 2.75) is 31.8 Å². The van der Waals surface area contributed by atoms with Crippen LogP contribution in [0.1, 0.15) is 35.7 Å². The third-order valence-corrected chi connectivity index (χ3v) is 5.16. The molecular formula is C21H25FN4O. The van der Waals surface area contributed by atoms with Gasteiger partial charge in [-0.1, -0.05) is 6.07 Å². The van der Waals surface area contributed by atoms with E-state index in [0.717, 1.165) is 42.2 Å². The second kappa shape index (κ2) is 7.56. The van der Waals surface area contributed by atoms with Gasteiger partial charge in [-0.3, -0.25) is 0 Å². The van der Waals surface area contributed by atoms with Gasteiger partial charge in [-0.05, 0) is 55.3 Å². The van der Waals surface area contributed by atoms with Crippen LogP contribution in [0.15, 0.2) is 36.5 Å². The highest BCUT2D eigenvalue weighted by Gasteiger charge is 2.25. The van der Waals surface area contributed by atoms with Crippen molar-refractivity contribution in [1.29, 1.82) is 0 Å². The van der Waals surface area contributed by atoms with Crippen LogP contribution in [-0.4, -0.2) is 31.2 Å². The number of aryl methyl sites for hydroxylation is 1. The first-order valence-corrected chi connectivity index (χ1v) is 9.38. The van der Waals surface area contributed by atoms with Crippen molar-refractivity contribution in [3.8, 4) is 5.75 Å². The molecule has 4 rings (SSSR count). The van der Waals surface area contributed by atoms with Gasteiger partial charge < -0.3 is 20.7 Å². The normalized spacial score (nSPS) is 21.7. The van der Waals surface area contributed by atoms with Crippen molar-refractivity contribution in [2.24, 2.45) is 0 Å². The molecule has 2 aliphatic heterocycles. The fourth-order valence-corrected chi connectivity index (χ4v) is 3.82. The Morgan fingerprint density at radius 1 is 1.30 bits per heavy atom. The fraction of sp³-hybridized carbons (Fsp3) is 0.381. The van der Waals surface area contributed by atoms with Crippen LogP contribution in [0.25, 0.3) is 5.57 Å². The van der Waals surface area contributed by atoms with Crippen LogP contribution in [-0.2, 0) is 0 Å². The van der Waals surface area contributed by atoms with Gasteiger partial charge in [0.1, 0.15) is 17.4 Å². The number of benzene rings is 1. The summed E-state index contributed by atoms with van der Waals surface area (Å²) in [5.41, 5.74) is 3.54. The first-order chi connectivity index (χ1) is 13.1. The number of hydrogen-bond acceptors (Lipinski definition) is 5. The molecule has 2 aromatic rings. The highest BCUT2D eigenvalue weighted by molar-refractivity contribution is 5.73. The Kier molecular flexibility index (Phi) is 4.99. The molecule has 0 spiro atoms. The summed E-state index contributed by atoms with van der Waals surface area (Å²) in [6, 6.07) is 9.52. The molecule has 2 aliphatic rings. The molecule has 3 heterocycles. The van der Waals surface area contributed by atoms with Crippen LogP contribution in [0.2, 0.25) is 0 Å². The molecule has 3 N–H and O–H groups in total. The van der Waals surface area contributed by atoms with Crippen LogP contribution in [0.4, 0.5) is 10.2 Å².